The Hall–Kier alpha value is -4.99. The Morgan fingerprint density at radius 3 is 2.45 bits per heavy atom. The van der Waals surface area contributed by atoms with Gasteiger partial charge in [-0.05, 0) is 69.2 Å². The molecule has 4 amide bonds. The van der Waals surface area contributed by atoms with Crippen LogP contribution in [0.5, 0.6) is 0 Å². The van der Waals surface area contributed by atoms with Crippen LogP contribution in [0.15, 0.2) is 65.1 Å². The van der Waals surface area contributed by atoms with Gasteiger partial charge in [-0.25, -0.2) is 14.7 Å². The zero-order chi connectivity index (χ0) is 27.1. The maximum Gasteiger partial charge on any atom is 0.329 e. The number of urea groups is 1. The first kappa shape index (κ1) is 24.7. The molecule has 0 saturated carbocycles. The van der Waals surface area contributed by atoms with Gasteiger partial charge in [0.1, 0.15) is 18.1 Å². The number of aromatic nitrogens is 3. The number of nitrogens with one attached hydrogen (secondary N) is 2. The van der Waals surface area contributed by atoms with E-state index in [0.29, 0.717) is 33.7 Å². The van der Waals surface area contributed by atoms with E-state index in [-0.39, 0.29) is 11.3 Å². The van der Waals surface area contributed by atoms with E-state index in [1.807, 2.05) is 45.0 Å². The predicted octanol–water partition coefficient (Wildman–Crippen LogP) is 3.27. The van der Waals surface area contributed by atoms with Crippen molar-refractivity contribution in [2.45, 2.75) is 27.7 Å². The van der Waals surface area contributed by atoms with Crippen molar-refractivity contribution in [3.05, 3.63) is 99.0 Å². The van der Waals surface area contributed by atoms with Crippen LogP contribution >= 0.6 is 0 Å². The van der Waals surface area contributed by atoms with Gasteiger partial charge in [0, 0.05) is 17.1 Å². The molecule has 0 spiro atoms. The van der Waals surface area contributed by atoms with Crippen molar-refractivity contribution < 1.29 is 14.4 Å². The molecule has 4 aromatic rings. The van der Waals surface area contributed by atoms with Crippen molar-refractivity contribution in [1.82, 2.24) is 24.6 Å². The fourth-order valence-corrected chi connectivity index (χ4v) is 4.62. The summed E-state index contributed by atoms with van der Waals surface area (Å²) in [5.74, 6) is -0.591. The SMILES string of the molecule is Cc1ccccc1NC(=O)CN1C(=O)NC(=Cc2cc(C)n(-n3c(C)nc4ccccc4c3=O)c2C)C1=O. The van der Waals surface area contributed by atoms with Crippen LogP contribution in [0.4, 0.5) is 10.5 Å². The minimum Gasteiger partial charge on any atom is -0.324 e. The molecular formula is C28H26N6O4. The molecule has 0 unspecified atom stereocenters. The number of amides is 4. The summed E-state index contributed by atoms with van der Waals surface area (Å²) in [6.45, 7) is 6.84. The van der Waals surface area contributed by atoms with Crippen molar-refractivity contribution in [3.8, 4) is 0 Å². The summed E-state index contributed by atoms with van der Waals surface area (Å²) in [6.07, 6.45) is 1.55. The second-order valence-electron chi connectivity index (χ2n) is 9.17. The highest BCUT2D eigenvalue weighted by Crippen LogP contribution is 2.22. The quantitative estimate of drug-likeness (QED) is 0.316. The van der Waals surface area contributed by atoms with E-state index in [0.717, 1.165) is 16.2 Å². The van der Waals surface area contributed by atoms with Gasteiger partial charge in [-0.15, -0.1) is 0 Å². The van der Waals surface area contributed by atoms with Gasteiger partial charge < -0.3 is 10.6 Å². The number of hydrogen-bond acceptors (Lipinski definition) is 5. The Morgan fingerprint density at radius 1 is 0.974 bits per heavy atom. The van der Waals surface area contributed by atoms with E-state index >= 15 is 0 Å². The van der Waals surface area contributed by atoms with Crippen molar-refractivity contribution in [2.24, 2.45) is 0 Å². The van der Waals surface area contributed by atoms with Crippen molar-refractivity contribution in [2.75, 3.05) is 11.9 Å². The standard InChI is InChI=1S/C28H26N6O4/c1-16-9-5-7-11-22(16)30-25(35)15-32-27(37)24(31-28(32)38)14-20-13-17(2)33(18(20)3)34-19(4)29-23-12-8-6-10-21(23)26(34)36/h5-14H,15H2,1-4H3,(H,30,35)(H,31,38). The second-order valence-corrected chi connectivity index (χ2v) is 9.17. The van der Waals surface area contributed by atoms with Crippen LogP contribution in [0.25, 0.3) is 17.0 Å². The zero-order valence-electron chi connectivity index (χ0n) is 21.4. The molecule has 10 heteroatoms. The third-order valence-corrected chi connectivity index (χ3v) is 6.53. The average molecular weight is 511 g/mol. The highest BCUT2D eigenvalue weighted by atomic mass is 16.2. The lowest BCUT2D eigenvalue weighted by Gasteiger charge is -2.16. The van der Waals surface area contributed by atoms with Gasteiger partial charge in [0.15, 0.2) is 0 Å². The number of anilines is 1. The molecule has 2 N–H and O–H groups in total. The zero-order valence-corrected chi connectivity index (χ0v) is 21.4. The number of carbonyl (C=O) groups is 3. The number of rotatable bonds is 5. The van der Waals surface area contributed by atoms with Crippen molar-refractivity contribution in [1.29, 1.82) is 0 Å². The molecule has 192 valence electrons. The van der Waals surface area contributed by atoms with E-state index in [1.54, 1.807) is 48.0 Å². The molecule has 0 bridgehead atoms. The number of aryl methyl sites for hydroxylation is 3. The lowest BCUT2D eigenvalue weighted by Crippen LogP contribution is -2.38. The molecule has 0 radical (unpaired) electrons. The van der Waals surface area contributed by atoms with Crippen molar-refractivity contribution in [3.63, 3.8) is 0 Å². The Kier molecular flexibility index (Phi) is 6.15. The molecule has 3 heterocycles. The van der Waals surface area contributed by atoms with Crippen LogP contribution in [0.1, 0.15) is 28.3 Å². The second kappa shape index (κ2) is 9.47. The highest BCUT2D eigenvalue weighted by Gasteiger charge is 2.35. The average Bonchev–Trinajstić information content (AvgIpc) is 3.30. The largest absolute Gasteiger partial charge is 0.329 e. The van der Waals surface area contributed by atoms with E-state index in [4.69, 9.17) is 0 Å². The molecule has 38 heavy (non-hydrogen) atoms. The van der Waals surface area contributed by atoms with Crippen LogP contribution in [0, 0.1) is 27.7 Å². The number of para-hydroxylation sites is 2. The predicted molar refractivity (Wildman–Crippen MR) is 143 cm³/mol. The Balaban J connectivity index is 1.43. The van der Waals surface area contributed by atoms with Gasteiger partial charge in [0.05, 0.1) is 10.9 Å². The number of benzene rings is 2. The topological polar surface area (TPSA) is 118 Å². The molecule has 2 aromatic carbocycles. The first-order valence-corrected chi connectivity index (χ1v) is 12.0. The summed E-state index contributed by atoms with van der Waals surface area (Å²) in [4.78, 5) is 56.9. The first-order chi connectivity index (χ1) is 18.2. The summed E-state index contributed by atoms with van der Waals surface area (Å²) in [6, 6.07) is 15.5. The highest BCUT2D eigenvalue weighted by molar-refractivity contribution is 6.16. The summed E-state index contributed by atoms with van der Waals surface area (Å²) in [5.41, 5.74) is 3.97. The number of nitrogens with zero attached hydrogens (tertiary/aromatic N) is 4. The Morgan fingerprint density at radius 2 is 1.68 bits per heavy atom. The molecular weight excluding hydrogens is 484 g/mol. The van der Waals surface area contributed by atoms with Crippen LogP contribution in [-0.4, -0.2) is 43.6 Å². The molecule has 10 nitrogen and oxygen atoms in total. The molecule has 0 atom stereocenters. The number of imide groups is 1. The summed E-state index contributed by atoms with van der Waals surface area (Å²) in [5, 5.41) is 5.77. The van der Waals surface area contributed by atoms with E-state index in [1.165, 1.54) is 4.68 Å². The van der Waals surface area contributed by atoms with Gasteiger partial charge in [0.2, 0.25) is 5.91 Å². The number of hydrogen-bond donors (Lipinski definition) is 2. The molecule has 1 fully saturated rings. The first-order valence-electron chi connectivity index (χ1n) is 12.0. The Bertz CT molecular complexity index is 1730. The maximum absolute atomic E-state index is 13.3. The maximum atomic E-state index is 13.3. The molecule has 1 aliphatic heterocycles. The fraction of sp³-hybridized carbons (Fsp3) is 0.179. The van der Waals surface area contributed by atoms with Gasteiger partial charge >= 0.3 is 6.03 Å². The van der Waals surface area contributed by atoms with Gasteiger partial charge in [-0.1, -0.05) is 30.3 Å². The van der Waals surface area contributed by atoms with E-state index in [9.17, 15) is 19.2 Å². The van der Waals surface area contributed by atoms with Gasteiger partial charge in [0.25, 0.3) is 11.5 Å². The molecule has 2 aromatic heterocycles. The lowest BCUT2D eigenvalue weighted by molar-refractivity contribution is -0.127. The lowest BCUT2D eigenvalue weighted by atomic mass is 10.2. The van der Waals surface area contributed by atoms with Crippen LogP contribution < -0.4 is 16.2 Å². The van der Waals surface area contributed by atoms with Crippen LogP contribution in [-0.2, 0) is 9.59 Å². The monoisotopic (exact) mass is 510 g/mol. The van der Waals surface area contributed by atoms with Crippen molar-refractivity contribution >= 4 is 40.5 Å². The molecule has 0 aliphatic carbocycles. The van der Waals surface area contributed by atoms with E-state index in [2.05, 4.69) is 15.6 Å². The van der Waals surface area contributed by atoms with Crippen LogP contribution in [0.2, 0.25) is 0 Å². The fourth-order valence-electron chi connectivity index (χ4n) is 4.62. The normalized spacial score (nSPS) is 14.4. The summed E-state index contributed by atoms with van der Waals surface area (Å²) in [7, 11) is 0. The third kappa shape index (κ3) is 4.26. The Labute approximate surface area is 218 Å². The molecule has 5 rings (SSSR count). The smallest absolute Gasteiger partial charge is 0.324 e. The summed E-state index contributed by atoms with van der Waals surface area (Å²) >= 11 is 0. The van der Waals surface area contributed by atoms with Gasteiger partial charge in [-0.2, -0.15) is 4.68 Å². The number of fused-ring (bicyclic) bond motifs is 1. The van der Waals surface area contributed by atoms with Gasteiger partial charge in [-0.3, -0.25) is 19.1 Å². The number of carbonyl (C=O) groups excluding carboxylic acids is 3. The summed E-state index contributed by atoms with van der Waals surface area (Å²) < 4.78 is 3.23. The molecule has 1 saturated heterocycles. The molecule has 1 aliphatic rings. The minimum absolute atomic E-state index is 0.0413. The van der Waals surface area contributed by atoms with E-state index < -0.39 is 24.4 Å². The minimum atomic E-state index is -0.680. The third-order valence-electron chi connectivity index (χ3n) is 6.53. The van der Waals surface area contributed by atoms with Crippen LogP contribution in [0.3, 0.4) is 0 Å².